The summed E-state index contributed by atoms with van der Waals surface area (Å²) in [6.45, 7) is 0.806. The number of rotatable bonds is 4. The smallest absolute Gasteiger partial charge is 0.260 e. The van der Waals surface area contributed by atoms with Crippen molar-refractivity contribution in [3.8, 4) is 0 Å². The van der Waals surface area contributed by atoms with E-state index in [1.165, 1.54) is 28.2 Å². The van der Waals surface area contributed by atoms with Gasteiger partial charge >= 0.3 is 0 Å². The monoisotopic (exact) mass is 350 g/mol. The van der Waals surface area contributed by atoms with Crippen LogP contribution in [0.15, 0.2) is 64.5 Å². The summed E-state index contributed by atoms with van der Waals surface area (Å²) in [7, 11) is -3.58. The highest BCUT2D eigenvalue weighted by atomic mass is 32.2. The van der Waals surface area contributed by atoms with Crippen molar-refractivity contribution in [3.63, 3.8) is 0 Å². The number of aliphatic imine (C=N–C) groups is 1. The third-order valence-corrected chi connectivity index (χ3v) is 6.38. The van der Waals surface area contributed by atoms with Gasteiger partial charge < -0.3 is 0 Å². The highest BCUT2D eigenvalue weighted by molar-refractivity contribution is 8.14. The maximum Gasteiger partial charge on any atom is 0.265 e. The first-order valence-electron chi connectivity index (χ1n) is 7.07. The van der Waals surface area contributed by atoms with Crippen molar-refractivity contribution in [2.24, 2.45) is 4.99 Å². The molecule has 0 aliphatic carbocycles. The Bertz CT molecular complexity index is 806. The summed E-state index contributed by atoms with van der Waals surface area (Å²) in [6.07, 6.45) is 0. The summed E-state index contributed by atoms with van der Waals surface area (Å²) in [6, 6.07) is 14.5. The fourth-order valence-corrected chi connectivity index (χ4v) is 4.90. The standard InChI is InChI=1S/C16H15FN2O2S2/c17-14-8-6-13(7-9-14)12-22-16-18-10-11-19(16)23(20,21)15-4-2-1-3-5-15/h1-9H,10-12H2. The molecular weight excluding hydrogens is 335 g/mol. The lowest BCUT2D eigenvalue weighted by Crippen LogP contribution is -2.32. The third kappa shape index (κ3) is 3.56. The molecule has 7 heteroatoms. The van der Waals surface area contributed by atoms with E-state index in [9.17, 15) is 12.8 Å². The largest absolute Gasteiger partial charge is 0.265 e. The molecule has 1 heterocycles. The highest BCUT2D eigenvalue weighted by Crippen LogP contribution is 2.25. The molecule has 0 unspecified atom stereocenters. The van der Waals surface area contributed by atoms with Gasteiger partial charge in [0.2, 0.25) is 0 Å². The van der Waals surface area contributed by atoms with E-state index in [2.05, 4.69) is 4.99 Å². The quantitative estimate of drug-likeness (QED) is 0.851. The number of nitrogens with zero attached hydrogens (tertiary/aromatic N) is 2. The number of halogens is 1. The Morgan fingerprint density at radius 3 is 2.48 bits per heavy atom. The first kappa shape index (κ1) is 16.0. The Kier molecular flexibility index (Phi) is 4.68. The number of hydrogen-bond donors (Lipinski definition) is 0. The molecule has 23 heavy (non-hydrogen) atoms. The van der Waals surface area contributed by atoms with Crippen LogP contribution in [0.25, 0.3) is 0 Å². The van der Waals surface area contributed by atoms with Crippen LogP contribution in [0.5, 0.6) is 0 Å². The molecule has 120 valence electrons. The highest BCUT2D eigenvalue weighted by Gasteiger charge is 2.30. The van der Waals surface area contributed by atoms with Crippen molar-refractivity contribution < 1.29 is 12.8 Å². The molecule has 3 rings (SSSR count). The van der Waals surface area contributed by atoms with Crippen LogP contribution in [0, 0.1) is 5.82 Å². The Morgan fingerprint density at radius 2 is 1.78 bits per heavy atom. The molecule has 0 bridgehead atoms. The van der Waals surface area contributed by atoms with Crippen molar-refractivity contribution in [3.05, 3.63) is 66.0 Å². The van der Waals surface area contributed by atoms with Gasteiger partial charge in [-0.3, -0.25) is 4.99 Å². The van der Waals surface area contributed by atoms with E-state index in [1.54, 1.807) is 42.5 Å². The van der Waals surface area contributed by atoms with Gasteiger partial charge in [0.1, 0.15) is 5.82 Å². The van der Waals surface area contributed by atoms with Gasteiger partial charge in [-0.1, -0.05) is 42.1 Å². The minimum atomic E-state index is -3.58. The second kappa shape index (κ2) is 6.72. The van der Waals surface area contributed by atoms with Crippen molar-refractivity contribution in [1.29, 1.82) is 0 Å². The van der Waals surface area contributed by atoms with Crippen LogP contribution in [0.2, 0.25) is 0 Å². The molecule has 0 amide bonds. The fourth-order valence-electron chi connectivity index (χ4n) is 2.20. The normalized spacial score (nSPS) is 14.8. The van der Waals surface area contributed by atoms with Gasteiger partial charge in [-0.2, -0.15) is 0 Å². The summed E-state index contributed by atoms with van der Waals surface area (Å²) in [4.78, 5) is 4.55. The zero-order chi connectivity index (χ0) is 16.3. The summed E-state index contributed by atoms with van der Waals surface area (Å²) < 4.78 is 39.6. The predicted octanol–water partition coefficient (Wildman–Crippen LogP) is 3.12. The fraction of sp³-hybridized carbons (Fsp3) is 0.188. The number of amidine groups is 1. The van der Waals surface area contributed by atoms with Gasteiger partial charge in [0.05, 0.1) is 18.0 Å². The molecule has 0 N–H and O–H groups in total. The van der Waals surface area contributed by atoms with Crippen LogP contribution in [-0.4, -0.2) is 31.0 Å². The Hall–Kier alpha value is -1.86. The van der Waals surface area contributed by atoms with Crippen molar-refractivity contribution in [2.45, 2.75) is 10.6 Å². The second-order valence-electron chi connectivity index (χ2n) is 4.97. The maximum absolute atomic E-state index is 12.9. The molecule has 1 aliphatic heterocycles. The Morgan fingerprint density at radius 1 is 1.09 bits per heavy atom. The maximum atomic E-state index is 12.9. The van der Waals surface area contributed by atoms with E-state index in [-0.39, 0.29) is 10.7 Å². The summed E-state index contributed by atoms with van der Waals surface area (Å²) >= 11 is 1.35. The molecule has 4 nitrogen and oxygen atoms in total. The first-order chi connectivity index (χ1) is 11.1. The van der Waals surface area contributed by atoms with Crippen LogP contribution in [-0.2, 0) is 15.8 Å². The van der Waals surface area contributed by atoms with Crippen molar-refractivity contribution in [2.75, 3.05) is 13.1 Å². The first-order valence-corrected chi connectivity index (χ1v) is 9.49. The molecular formula is C16H15FN2O2S2. The third-order valence-electron chi connectivity index (χ3n) is 3.38. The molecule has 0 spiro atoms. The predicted molar refractivity (Wildman–Crippen MR) is 90.3 cm³/mol. The van der Waals surface area contributed by atoms with Crippen LogP contribution >= 0.6 is 11.8 Å². The topological polar surface area (TPSA) is 49.7 Å². The minimum absolute atomic E-state index is 0.261. The number of benzene rings is 2. The second-order valence-corrected chi connectivity index (χ2v) is 7.77. The Labute approximate surface area is 139 Å². The lowest BCUT2D eigenvalue weighted by Gasteiger charge is -2.19. The zero-order valence-corrected chi connectivity index (χ0v) is 13.9. The van der Waals surface area contributed by atoms with Crippen molar-refractivity contribution in [1.82, 2.24) is 4.31 Å². The average Bonchev–Trinajstić information content (AvgIpc) is 3.04. The molecule has 0 fully saturated rings. The minimum Gasteiger partial charge on any atom is -0.260 e. The summed E-state index contributed by atoms with van der Waals surface area (Å²) in [5.74, 6) is 0.255. The lowest BCUT2D eigenvalue weighted by atomic mass is 10.2. The van der Waals surface area contributed by atoms with Gasteiger partial charge in [0.15, 0.2) is 5.17 Å². The van der Waals surface area contributed by atoms with Gasteiger partial charge in [-0.25, -0.2) is 17.1 Å². The molecule has 1 aliphatic rings. The van der Waals surface area contributed by atoms with E-state index in [0.717, 1.165) is 5.56 Å². The van der Waals surface area contributed by atoms with E-state index < -0.39 is 10.0 Å². The van der Waals surface area contributed by atoms with Crippen LogP contribution < -0.4 is 0 Å². The van der Waals surface area contributed by atoms with Crippen LogP contribution in [0.4, 0.5) is 4.39 Å². The van der Waals surface area contributed by atoms with Gasteiger partial charge in [-0.05, 0) is 29.8 Å². The van der Waals surface area contributed by atoms with Gasteiger partial charge in [-0.15, -0.1) is 0 Å². The molecule has 2 aromatic carbocycles. The van der Waals surface area contributed by atoms with E-state index in [0.29, 0.717) is 24.0 Å². The Balaban J connectivity index is 1.74. The lowest BCUT2D eigenvalue weighted by molar-refractivity contribution is 0.540. The molecule has 0 radical (unpaired) electrons. The van der Waals surface area contributed by atoms with E-state index in [4.69, 9.17) is 0 Å². The number of thioether (sulfide) groups is 1. The molecule has 0 aromatic heterocycles. The SMILES string of the molecule is O=S(=O)(c1ccccc1)N1CCN=C1SCc1ccc(F)cc1. The number of sulfonamides is 1. The molecule has 0 atom stereocenters. The van der Waals surface area contributed by atoms with E-state index >= 15 is 0 Å². The zero-order valence-electron chi connectivity index (χ0n) is 12.2. The average molecular weight is 350 g/mol. The summed E-state index contributed by atoms with van der Waals surface area (Å²) in [5.41, 5.74) is 0.919. The van der Waals surface area contributed by atoms with Crippen LogP contribution in [0.3, 0.4) is 0 Å². The van der Waals surface area contributed by atoms with E-state index in [1.807, 2.05) is 0 Å². The van der Waals surface area contributed by atoms with Crippen molar-refractivity contribution >= 4 is 27.0 Å². The molecule has 0 saturated carbocycles. The van der Waals surface area contributed by atoms with Gasteiger partial charge in [0.25, 0.3) is 10.0 Å². The molecule has 0 saturated heterocycles. The van der Waals surface area contributed by atoms with Crippen LogP contribution in [0.1, 0.15) is 5.56 Å². The van der Waals surface area contributed by atoms with Gasteiger partial charge in [0, 0.05) is 5.75 Å². The summed E-state index contributed by atoms with van der Waals surface area (Å²) in [5, 5.41) is 0.484. The number of hydrogen-bond acceptors (Lipinski definition) is 4. The molecule has 2 aromatic rings.